The highest BCUT2D eigenvalue weighted by atomic mass is 79.9. The molecule has 0 fully saturated rings. The van der Waals surface area contributed by atoms with E-state index < -0.39 is 0 Å². The van der Waals surface area contributed by atoms with Gasteiger partial charge in [-0.2, -0.15) is 0 Å². The van der Waals surface area contributed by atoms with Crippen molar-refractivity contribution < 1.29 is 14.6 Å². The number of rotatable bonds is 5. The largest absolute Gasteiger partial charge is 0.506 e. The van der Waals surface area contributed by atoms with Gasteiger partial charge < -0.3 is 15.2 Å². The number of phenolic OH excluding ortho intramolecular Hbond substituents is 1. The monoisotopic (exact) mass is 301 g/mol. The molecular weight excluding hydrogens is 286 g/mol. The molecule has 0 aliphatic carbocycles. The summed E-state index contributed by atoms with van der Waals surface area (Å²) in [4.78, 5) is 11.0. The quantitative estimate of drug-likeness (QED) is 0.819. The number of aromatic hydroxyl groups is 1. The molecule has 0 spiro atoms. The molecule has 1 rings (SSSR count). The first-order chi connectivity index (χ1) is 8.04. The summed E-state index contributed by atoms with van der Waals surface area (Å²) in [5, 5.41) is 12.9. The summed E-state index contributed by atoms with van der Waals surface area (Å²) in [5.74, 6) is -0.0197. The van der Waals surface area contributed by atoms with E-state index >= 15 is 0 Å². The number of carbonyl (C=O) groups is 1. The lowest BCUT2D eigenvalue weighted by Gasteiger charge is -2.13. The molecule has 4 nitrogen and oxygen atoms in total. The van der Waals surface area contributed by atoms with Gasteiger partial charge in [0.25, 0.3) is 0 Å². The zero-order valence-corrected chi connectivity index (χ0v) is 11.5. The average molecular weight is 302 g/mol. The Morgan fingerprint density at radius 1 is 1.59 bits per heavy atom. The molecule has 5 heteroatoms. The standard InChI is InChI=1S/C12H16BrNO3/c1-8(6-11(15)17-2)14-7-9-4-3-5-10(13)12(9)16/h3-5,8,14,16H,6-7H2,1-2H3. The van der Waals surface area contributed by atoms with Crippen LogP contribution in [-0.4, -0.2) is 24.2 Å². The predicted molar refractivity (Wildman–Crippen MR) is 68.7 cm³/mol. The molecule has 0 aliphatic rings. The van der Waals surface area contributed by atoms with Crippen molar-refractivity contribution in [2.45, 2.75) is 25.9 Å². The van der Waals surface area contributed by atoms with Gasteiger partial charge >= 0.3 is 5.97 Å². The molecule has 1 unspecified atom stereocenters. The van der Waals surface area contributed by atoms with Crippen LogP contribution < -0.4 is 5.32 Å². The van der Waals surface area contributed by atoms with Crippen molar-refractivity contribution in [2.24, 2.45) is 0 Å². The van der Waals surface area contributed by atoms with Gasteiger partial charge in [0.1, 0.15) is 5.75 Å². The molecule has 0 amide bonds. The third-order valence-corrected chi connectivity index (χ3v) is 3.05. The van der Waals surface area contributed by atoms with E-state index in [1.54, 1.807) is 6.07 Å². The van der Waals surface area contributed by atoms with Gasteiger partial charge in [0.2, 0.25) is 0 Å². The summed E-state index contributed by atoms with van der Waals surface area (Å²) >= 11 is 3.25. The summed E-state index contributed by atoms with van der Waals surface area (Å²) in [6.45, 7) is 2.40. The van der Waals surface area contributed by atoms with E-state index in [0.29, 0.717) is 17.4 Å². The van der Waals surface area contributed by atoms with Gasteiger partial charge in [0.15, 0.2) is 0 Å². The number of methoxy groups -OCH3 is 1. The molecule has 0 bridgehead atoms. The Balaban J connectivity index is 2.50. The number of esters is 1. The number of para-hydroxylation sites is 1. The van der Waals surface area contributed by atoms with E-state index in [4.69, 9.17) is 0 Å². The van der Waals surface area contributed by atoms with Crippen LogP contribution in [0.5, 0.6) is 5.75 Å². The highest BCUT2D eigenvalue weighted by molar-refractivity contribution is 9.10. The molecule has 0 heterocycles. The Kier molecular flexibility index (Phi) is 5.44. The molecule has 94 valence electrons. The van der Waals surface area contributed by atoms with Crippen molar-refractivity contribution >= 4 is 21.9 Å². The molecule has 0 saturated carbocycles. The van der Waals surface area contributed by atoms with Crippen LogP contribution in [0.2, 0.25) is 0 Å². The molecule has 1 aromatic carbocycles. The molecular formula is C12H16BrNO3. The third kappa shape index (κ3) is 4.36. The normalized spacial score (nSPS) is 12.2. The van der Waals surface area contributed by atoms with Gasteiger partial charge in [-0.3, -0.25) is 4.79 Å². The minimum absolute atomic E-state index is 0.000770. The Hall–Kier alpha value is -1.07. The second kappa shape index (κ2) is 6.61. The number of phenols is 1. The Morgan fingerprint density at radius 2 is 2.29 bits per heavy atom. The predicted octanol–water partition coefficient (Wildman–Crippen LogP) is 2.20. The summed E-state index contributed by atoms with van der Waals surface area (Å²) in [6.07, 6.45) is 0.311. The average Bonchev–Trinajstić information content (AvgIpc) is 2.31. The number of benzene rings is 1. The molecule has 17 heavy (non-hydrogen) atoms. The zero-order valence-electron chi connectivity index (χ0n) is 9.87. The lowest BCUT2D eigenvalue weighted by molar-refractivity contribution is -0.141. The fraction of sp³-hybridized carbons (Fsp3) is 0.417. The van der Waals surface area contributed by atoms with Crippen molar-refractivity contribution in [1.29, 1.82) is 0 Å². The van der Waals surface area contributed by atoms with Crippen LogP contribution >= 0.6 is 15.9 Å². The van der Waals surface area contributed by atoms with Crippen molar-refractivity contribution in [3.8, 4) is 5.75 Å². The highest BCUT2D eigenvalue weighted by Gasteiger charge is 2.10. The van der Waals surface area contributed by atoms with Crippen molar-refractivity contribution in [3.63, 3.8) is 0 Å². The molecule has 0 aromatic heterocycles. The van der Waals surface area contributed by atoms with Crippen molar-refractivity contribution in [3.05, 3.63) is 28.2 Å². The van der Waals surface area contributed by atoms with Crippen LogP contribution in [0, 0.1) is 0 Å². The fourth-order valence-electron chi connectivity index (χ4n) is 1.39. The molecule has 2 N–H and O–H groups in total. The first-order valence-corrected chi connectivity index (χ1v) is 6.10. The molecule has 1 aromatic rings. The van der Waals surface area contributed by atoms with E-state index in [0.717, 1.165) is 5.56 Å². The fourth-order valence-corrected chi connectivity index (χ4v) is 1.80. The lowest BCUT2D eigenvalue weighted by Crippen LogP contribution is -2.28. The number of ether oxygens (including phenoxy) is 1. The number of nitrogens with one attached hydrogen (secondary N) is 1. The maximum atomic E-state index is 11.0. The van der Waals surface area contributed by atoms with E-state index in [-0.39, 0.29) is 17.8 Å². The van der Waals surface area contributed by atoms with Crippen molar-refractivity contribution in [2.75, 3.05) is 7.11 Å². The minimum Gasteiger partial charge on any atom is -0.506 e. The number of halogens is 1. The van der Waals surface area contributed by atoms with Gasteiger partial charge in [-0.05, 0) is 28.9 Å². The topological polar surface area (TPSA) is 58.6 Å². The minimum atomic E-state index is -0.247. The van der Waals surface area contributed by atoms with E-state index in [9.17, 15) is 9.90 Å². The second-order valence-corrected chi connectivity index (χ2v) is 4.66. The van der Waals surface area contributed by atoms with Crippen LogP contribution in [-0.2, 0) is 16.1 Å². The summed E-state index contributed by atoms with van der Waals surface area (Å²) in [6, 6.07) is 5.46. The van der Waals surface area contributed by atoms with Gasteiger partial charge in [-0.25, -0.2) is 0 Å². The Labute approximate surface area is 109 Å². The highest BCUT2D eigenvalue weighted by Crippen LogP contribution is 2.27. The summed E-state index contributed by atoms with van der Waals surface area (Å²) in [5.41, 5.74) is 0.788. The SMILES string of the molecule is COC(=O)CC(C)NCc1cccc(Br)c1O. The number of carbonyl (C=O) groups excluding carboxylic acids is 1. The molecule has 0 saturated heterocycles. The van der Waals surface area contributed by atoms with E-state index in [1.165, 1.54) is 7.11 Å². The smallest absolute Gasteiger partial charge is 0.307 e. The zero-order chi connectivity index (χ0) is 12.8. The summed E-state index contributed by atoms with van der Waals surface area (Å²) in [7, 11) is 1.37. The maximum absolute atomic E-state index is 11.0. The van der Waals surface area contributed by atoms with Crippen LogP contribution in [0.25, 0.3) is 0 Å². The molecule has 0 radical (unpaired) electrons. The maximum Gasteiger partial charge on any atom is 0.307 e. The van der Waals surface area contributed by atoms with Crippen LogP contribution in [0.4, 0.5) is 0 Å². The summed E-state index contributed by atoms with van der Waals surface area (Å²) < 4.78 is 5.24. The first kappa shape index (κ1) is 14.0. The number of hydrogen-bond donors (Lipinski definition) is 2. The van der Waals surface area contributed by atoms with Gasteiger partial charge in [-0.1, -0.05) is 12.1 Å². The first-order valence-electron chi connectivity index (χ1n) is 5.31. The van der Waals surface area contributed by atoms with Gasteiger partial charge in [-0.15, -0.1) is 0 Å². The molecule has 1 atom stereocenters. The molecule has 0 aliphatic heterocycles. The van der Waals surface area contributed by atoms with Crippen LogP contribution in [0.1, 0.15) is 18.9 Å². The van der Waals surface area contributed by atoms with Crippen LogP contribution in [0.15, 0.2) is 22.7 Å². The Bertz CT molecular complexity index is 395. The second-order valence-electron chi connectivity index (χ2n) is 3.81. The van der Waals surface area contributed by atoms with E-state index in [2.05, 4.69) is 26.0 Å². The van der Waals surface area contributed by atoms with Gasteiger partial charge in [0.05, 0.1) is 18.0 Å². The number of hydrogen-bond acceptors (Lipinski definition) is 4. The Morgan fingerprint density at radius 3 is 2.94 bits per heavy atom. The van der Waals surface area contributed by atoms with Crippen LogP contribution in [0.3, 0.4) is 0 Å². The third-order valence-electron chi connectivity index (χ3n) is 2.41. The van der Waals surface area contributed by atoms with Crippen molar-refractivity contribution in [1.82, 2.24) is 5.32 Å². The lowest BCUT2D eigenvalue weighted by atomic mass is 10.1. The van der Waals surface area contributed by atoms with Gasteiger partial charge in [0, 0.05) is 18.2 Å². The van der Waals surface area contributed by atoms with E-state index in [1.807, 2.05) is 19.1 Å².